The number of hydrogen-bond donors (Lipinski definition) is 3. The van der Waals surface area contributed by atoms with Gasteiger partial charge < -0.3 is 16.0 Å². The molecule has 0 bridgehead atoms. The van der Waals surface area contributed by atoms with Gasteiger partial charge in [0.15, 0.2) is 5.78 Å². The van der Waals surface area contributed by atoms with Crippen LogP contribution in [0.2, 0.25) is 0 Å². The molecule has 1 fully saturated rings. The molecule has 0 radical (unpaired) electrons. The number of carbonyl (C=O) groups is 4. The van der Waals surface area contributed by atoms with Crippen molar-refractivity contribution in [2.45, 2.75) is 12.8 Å². The number of nitrogens with one attached hydrogen (secondary N) is 3. The first-order valence-electron chi connectivity index (χ1n) is 11.2. The van der Waals surface area contributed by atoms with E-state index in [0.29, 0.717) is 22.4 Å². The molecular weight excluding hydrogens is 430 g/mol. The van der Waals surface area contributed by atoms with Crippen molar-refractivity contribution in [3.05, 3.63) is 101 Å². The normalized spacial score (nSPS) is 12.5. The predicted molar refractivity (Wildman–Crippen MR) is 129 cm³/mol. The summed E-state index contributed by atoms with van der Waals surface area (Å²) in [5.41, 5.74) is 2.22. The van der Waals surface area contributed by atoms with Gasteiger partial charge in [-0.1, -0.05) is 48.5 Å². The Kier molecular flexibility index (Phi) is 7.13. The third-order valence-corrected chi connectivity index (χ3v) is 5.51. The molecule has 1 aliphatic rings. The largest absolute Gasteiger partial charge is 0.350 e. The van der Waals surface area contributed by atoms with E-state index in [1.165, 1.54) is 0 Å². The lowest BCUT2D eigenvalue weighted by Crippen LogP contribution is -2.35. The van der Waals surface area contributed by atoms with Gasteiger partial charge in [0.1, 0.15) is 0 Å². The van der Waals surface area contributed by atoms with E-state index in [1.807, 2.05) is 6.07 Å². The van der Waals surface area contributed by atoms with Gasteiger partial charge in [-0.2, -0.15) is 0 Å². The fourth-order valence-electron chi connectivity index (χ4n) is 3.47. The number of carbonyl (C=O) groups excluding carboxylic acids is 4. The SMILES string of the molecule is O=C(NCCNC(=O)c1ccccc1C(=O)c1ccccc1)c1ccc(NC(=O)C2CC2)cc1. The van der Waals surface area contributed by atoms with Crippen LogP contribution in [0.1, 0.15) is 49.5 Å². The van der Waals surface area contributed by atoms with Crippen molar-refractivity contribution in [2.24, 2.45) is 5.92 Å². The number of amides is 3. The summed E-state index contributed by atoms with van der Waals surface area (Å²) in [6.07, 6.45) is 1.86. The third-order valence-electron chi connectivity index (χ3n) is 5.51. The molecule has 0 aliphatic heterocycles. The zero-order valence-electron chi connectivity index (χ0n) is 18.5. The molecule has 0 spiro atoms. The second-order valence-electron chi connectivity index (χ2n) is 8.09. The van der Waals surface area contributed by atoms with Crippen LogP contribution in [0.4, 0.5) is 5.69 Å². The first-order chi connectivity index (χ1) is 16.5. The smallest absolute Gasteiger partial charge is 0.252 e. The molecule has 0 heterocycles. The third kappa shape index (κ3) is 5.75. The molecule has 0 saturated heterocycles. The monoisotopic (exact) mass is 455 g/mol. The maximum Gasteiger partial charge on any atom is 0.252 e. The van der Waals surface area contributed by atoms with Gasteiger partial charge in [-0.05, 0) is 43.2 Å². The van der Waals surface area contributed by atoms with Crippen LogP contribution < -0.4 is 16.0 Å². The zero-order valence-corrected chi connectivity index (χ0v) is 18.5. The van der Waals surface area contributed by atoms with Gasteiger partial charge >= 0.3 is 0 Å². The number of hydrogen-bond acceptors (Lipinski definition) is 4. The summed E-state index contributed by atoms with van der Waals surface area (Å²) in [4.78, 5) is 49.7. The van der Waals surface area contributed by atoms with Crippen molar-refractivity contribution >= 4 is 29.2 Å². The maximum atomic E-state index is 12.8. The Hall–Kier alpha value is -4.26. The summed E-state index contributed by atoms with van der Waals surface area (Å²) in [6, 6.07) is 22.1. The van der Waals surface area contributed by atoms with Crippen molar-refractivity contribution < 1.29 is 19.2 Å². The van der Waals surface area contributed by atoms with Gasteiger partial charge in [-0.15, -0.1) is 0 Å². The lowest BCUT2D eigenvalue weighted by molar-refractivity contribution is -0.117. The van der Waals surface area contributed by atoms with Gasteiger partial charge in [0.05, 0.1) is 5.56 Å². The van der Waals surface area contributed by atoms with E-state index in [-0.39, 0.29) is 48.1 Å². The van der Waals surface area contributed by atoms with E-state index in [1.54, 1.807) is 72.8 Å². The van der Waals surface area contributed by atoms with Gasteiger partial charge in [-0.25, -0.2) is 0 Å². The fraction of sp³-hybridized carbons (Fsp3) is 0.185. The Labute approximate surface area is 197 Å². The molecule has 1 aliphatic carbocycles. The van der Waals surface area contributed by atoms with Gasteiger partial charge in [0.2, 0.25) is 5.91 Å². The summed E-state index contributed by atoms with van der Waals surface area (Å²) in [5.74, 6) is -0.767. The molecule has 4 rings (SSSR count). The molecule has 7 nitrogen and oxygen atoms in total. The molecule has 34 heavy (non-hydrogen) atoms. The first-order valence-corrected chi connectivity index (χ1v) is 11.2. The second-order valence-corrected chi connectivity index (χ2v) is 8.09. The molecule has 1 saturated carbocycles. The average molecular weight is 456 g/mol. The molecule has 0 aromatic heterocycles. The highest BCUT2D eigenvalue weighted by atomic mass is 16.2. The van der Waals surface area contributed by atoms with Crippen molar-refractivity contribution in [2.75, 3.05) is 18.4 Å². The summed E-state index contributed by atoms with van der Waals surface area (Å²) in [6.45, 7) is 0.424. The lowest BCUT2D eigenvalue weighted by atomic mass is 9.98. The van der Waals surface area contributed by atoms with E-state index >= 15 is 0 Å². The highest BCUT2D eigenvalue weighted by Crippen LogP contribution is 2.30. The highest BCUT2D eigenvalue weighted by molar-refractivity contribution is 6.15. The molecule has 0 atom stereocenters. The summed E-state index contributed by atoms with van der Waals surface area (Å²) >= 11 is 0. The van der Waals surface area contributed by atoms with Gasteiger partial charge in [0.25, 0.3) is 11.8 Å². The molecule has 3 aromatic carbocycles. The zero-order chi connectivity index (χ0) is 23.9. The van der Waals surface area contributed by atoms with E-state index in [4.69, 9.17) is 0 Å². The molecular formula is C27H25N3O4. The Morgan fingerprint density at radius 2 is 1.24 bits per heavy atom. The van der Waals surface area contributed by atoms with E-state index in [2.05, 4.69) is 16.0 Å². The summed E-state index contributed by atoms with van der Waals surface area (Å²) in [5, 5.41) is 8.33. The Bertz CT molecular complexity index is 1200. The fourth-order valence-corrected chi connectivity index (χ4v) is 3.47. The molecule has 0 unspecified atom stereocenters. The minimum atomic E-state index is -0.384. The van der Waals surface area contributed by atoms with E-state index in [9.17, 15) is 19.2 Å². The number of rotatable bonds is 9. The quantitative estimate of drug-likeness (QED) is 0.340. The molecule has 3 N–H and O–H groups in total. The predicted octanol–water partition coefficient (Wildman–Crippen LogP) is 3.43. The van der Waals surface area contributed by atoms with Gasteiger partial charge in [0, 0.05) is 41.4 Å². The molecule has 172 valence electrons. The van der Waals surface area contributed by atoms with Crippen LogP contribution >= 0.6 is 0 Å². The number of anilines is 1. The number of ketones is 1. The minimum Gasteiger partial charge on any atom is -0.350 e. The van der Waals surface area contributed by atoms with Crippen LogP contribution in [0.5, 0.6) is 0 Å². The molecule has 3 aromatic rings. The Balaban J connectivity index is 1.27. The van der Waals surface area contributed by atoms with Crippen LogP contribution in [-0.4, -0.2) is 36.6 Å². The van der Waals surface area contributed by atoms with Gasteiger partial charge in [-0.3, -0.25) is 19.2 Å². The summed E-state index contributed by atoms with van der Waals surface area (Å²) in [7, 11) is 0. The van der Waals surface area contributed by atoms with E-state index < -0.39 is 0 Å². The van der Waals surface area contributed by atoms with Crippen molar-refractivity contribution in [3.8, 4) is 0 Å². The van der Waals surface area contributed by atoms with Crippen LogP contribution in [-0.2, 0) is 4.79 Å². The summed E-state index contributed by atoms with van der Waals surface area (Å²) < 4.78 is 0. The standard InChI is InChI=1S/C27H25N3O4/c31-24(18-6-2-1-3-7-18)22-8-4-5-9-23(22)27(34)29-17-16-28-25(32)19-12-14-21(15-13-19)30-26(33)20-10-11-20/h1-9,12-15,20H,10-11,16-17H2,(H,28,32)(H,29,34)(H,30,33). The maximum absolute atomic E-state index is 12.8. The average Bonchev–Trinajstić information content (AvgIpc) is 3.73. The van der Waals surface area contributed by atoms with Crippen molar-refractivity contribution in [1.29, 1.82) is 0 Å². The number of benzene rings is 3. The van der Waals surface area contributed by atoms with Crippen LogP contribution in [0.15, 0.2) is 78.9 Å². The van der Waals surface area contributed by atoms with E-state index in [0.717, 1.165) is 12.8 Å². The van der Waals surface area contributed by atoms with Crippen LogP contribution in [0, 0.1) is 5.92 Å². The molecule has 3 amide bonds. The topological polar surface area (TPSA) is 104 Å². The van der Waals surface area contributed by atoms with Crippen molar-refractivity contribution in [1.82, 2.24) is 10.6 Å². The molecule has 7 heteroatoms. The Morgan fingerprint density at radius 1 is 0.647 bits per heavy atom. The van der Waals surface area contributed by atoms with Crippen molar-refractivity contribution in [3.63, 3.8) is 0 Å². The second kappa shape index (κ2) is 10.6. The first kappa shape index (κ1) is 22.9. The highest BCUT2D eigenvalue weighted by Gasteiger charge is 2.29. The lowest BCUT2D eigenvalue weighted by Gasteiger charge is -2.11. The Morgan fingerprint density at radius 3 is 1.88 bits per heavy atom. The minimum absolute atomic E-state index is 0.0139. The van der Waals surface area contributed by atoms with Crippen LogP contribution in [0.3, 0.4) is 0 Å². The van der Waals surface area contributed by atoms with Crippen LogP contribution in [0.25, 0.3) is 0 Å².